The first-order valence-corrected chi connectivity index (χ1v) is 7.13. The zero-order chi connectivity index (χ0) is 15.0. The van der Waals surface area contributed by atoms with Crippen LogP contribution >= 0.6 is 23.2 Å². The fraction of sp³-hybridized carbons (Fsp3) is 0.133. The van der Waals surface area contributed by atoms with E-state index in [-0.39, 0.29) is 27.7 Å². The van der Waals surface area contributed by atoms with Crippen LogP contribution in [0.2, 0.25) is 10.0 Å². The Hall–Kier alpha value is -1.91. The van der Waals surface area contributed by atoms with Crippen molar-refractivity contribution in [3.63, 3.8) is 0 Å². The van der Waals surface area contributed by atoms with Crippen molar-refractivity contribution in [2.45, 2.75) is 12.5 Å². The van der Waals surface area contributed by atoms with Gasteiger partial charge in [-0.2, -0.15) is 0 Å². The molecule has 108 valence electrons. The topological polar surface area (TPSA) is 61.4 Å². The van der Waals surface area contributed by atoms with E-state index in [1.807, 2.05) is 24.3 Å². The van der Waals surface area contributed by atoms with Crippen LogP contribution in [0.4, 0.5) is 11.4 Å². The minimum absolute atomic E-state index is 0.0977. The highest BCUT2D eigenvalue weighted by atomic mass is 35.5. The van der Waals surface area contributed by atoms with Crippen molar-refractivity contribution >= 4 is 40.5 Å². The van der Waals surface area contributed by atoms with Crippen molar-refractivity contribution in [2.75, 3.05) is 10.6 Å². The van der Waals surface area contributed by atoms with Crippen LogP contribution in [-0.4, -0.2) is 17.1 Å². The van der Waals surface area contributed by atoms with E-state index >= 15 is 0 Å². The summed E-state index contributed by atoms with van der Waals surface area (Å²) in [5, 5.41) is 15.6. The molecule has 0 unspecified atom stereocenters. The number of phenols is 1. The fourth-order valence-electron chi connectivity index (χ4n) is 2.32. The number of hydrogen-bond donors (Lipinski definition) is 3. The van der Waals surface area contributed by atoms with Crippen LogP contribution in [0.1, 0.15) is 5.56 Å². The van der Waals surface area contributed by atoms with Crippen molar-refractivity contribution in [1.82, 2.24) is 0 Å². The van der Waals surface area contributed by atoms with E-state index in [2.05, 4.69) is 10.6 Å². The molecule has 0 bridgehead atoms. The number of fused-ring (bicyclic) bond motifs is 1. The van der Waals surface area contributed by atoms with Gasteiger partial charge in [0.25, 0.3) is 0 Å². The maximum absolute atomic E-state index is 12.3. The average Bonchev–Trinajstić information content (AvgIpc) is 2.88. The van der Waals surface area contributed by atoms with Gasteiger partial charge in [-0.25, -0.2) is 0 Å². The second kappa shape index (κ2) is 5.47. The molecule has 4 nitrogen and oxygen atoms in total. The van der Waals surface area contributed by atoms with Crippen LogP contribution in [0.15, 0.2) is 36.4 Å². The van der Waals surface area contributed by atoms with Gasteiger partial charge in [0.1, 0.15) is 6.04 Å². The molecule has 0 saturated heterocycles. The highest BCUT2D eigenvalue weighted by molar-refractivity contribution is 6.37. The Bertz CT molecular complexity index is 671. The Morgan fingerprint density at radius 2 is 1.90 bits per heavy atom. The van der Waals surface area contributed by atoms with Gasteiger partial charge in [-0.15, -0.1) is 0 Å². The molecule has 0 fully saturated rings. The molecule has 21 heavy (non-hydrogen) atoms. The average molecular weight is 323 g/mol. The molecule has 6 heteroatoms. The molecule has 3 N–H and O–H groups in total. The molecule has 1 heterocycles. The van der Waals surface area contributed by atoms with E-state index in [1.165, 1.54) is 12.1 Å². The standard InChI is InChI=1S/C15H12Cl2N2O2/c16-10-6-9(7-11(17)14(10)20)18-15(21)13-5-8-3-1-2-4-12(8)19-13/h1-4,6-7,13,19-20H,5H2,(H,18,21)/t13-/m0/s1. The first-order valence-electron chi connectivity index (χ1n) is 6.38. The summed E-state index contributed by atoms with van der Waals surface area (Å²) in [5.41, 5.74) is 2.53. The number of nitrogens with one attached hydrogen (secondary N) is 2. The first-order chi connectivity index (χ1) is 10.0. The van der Waals surface area contributed by atoms with E-state index in [9.17, 15) is 9.90 Å². The lowest BCUT2D eigenvalue weighted by atomic mass is 10.1. The van der Waals surface area contributed by atoms with Crippen molar-refractivity contribution in [1.29, 1.82) is 0 Å². The predicted octanol–water partition coefficient (Wildman–Crippen LogP) is 3.67. The largest absolute Gasteiger partial charge is 0.505 e. The molecule has 0 aromatic heterocycles. The lowest BCUT2D eigenvalue weighted by Crippen LogP contribution is -2.32. The first kappa shape index (κ1) is 14.0. The summed E-state index contributed by atoms with van der Waals surface area (Å²) in [5.74, 6) is -0.369. The Morgan fingerprint density at radius 1 is 1.24 bits per heavy atom. The van der Waals surface area contributed by atoms with Crippen LogP contribution in [0.25, 0.3) is 0 Å². The molecule has 0 spiro atoms. The molecule has 2 aromatic rings. The zero-order valence-corrected chi connectivity index (χ0v) is 12.4. The molecule has 1 amide bonds. The third-order valence-corrected chi connectivity index (χ3v) is 3.95. The van der Waals surface area contributed by atoms with Crippen LogP contribution < -0.4 is 10.6 Å². The van der Waals surface area contributed by atoms with E-state index in [1.54, 1.807) is 0 Å². The van der Waals surface area contributed by atoms with E-state index < -0.39 is 0 Å². The summed E-state index contributed by atoms with van der Waals surface area (Å²) in [6.07, 6.45) is 0.627. The summed E-state index contributed by atoms with van der Waals surface area (Å²) in [7, 11) is 0. The minimum Gasteiger partial charge on any atom is -0.505 e. The van der Waals surface area contributed by atoms with Crippen molar-refractivity contribution in [3.05, 3.63) is 52.0 Å². The lowest BCUT2D eigenvalue weighted by molar-refractivity contribution is -0.116. The number of benzene rings is 2. The van der Waals surface area contributed by atoms with Crippen LogP contribution in [0.5, 0.6) is 5.75 Å². The van der Waals surface area contributed by atoms with Gasteiger partial charge < -0.3 is 15.7 Å². The molecule has 2 aromatic carbocycles. The Kier molecular flexibility index (Phi) is 3.66. The Morgan fingerprint density at radius 3 is 2.57 bits per heavy atom. The monoisotopic (exact) mass is 322 g/mol. The van der Waals surface area contributed by atoms with Gasteiger partial charge in [0.2, 0.25) is 5.91 Å². The minimum atomic E-state index is -0.339. The lowest BCUT2D eigenvalue weighted by Gasteiger charge is -2.13. The van der Waals surface area contributed by atoms with Crippen LogP contribution in [-0.2, 0) is 11.2 Å². The third-order valence-electron chi connectivity index (χ3n) is 3.37. The van der Waals surface area contributed by atoms with Gasteiger partial charge in [0, 0.05) is 17.8 Å². The number of aromatic hydroxyl groups is 1. The molecule has 3 rings (SSSR count). The summed E-state index contributed by atoms with van der Waals surface area (Å²) in [6.45, 7) is 0. The number of amides is 1. The molecule has 0 saturated carbocycles. The number of para-hydroxylation sites is 1. The zero-order valence-electron chi connectivity index (χ0n) is 10.9. The molecule has 1 atom stereocenters. The summed E-state index contributed by atoms with van der Waals surface area (Å²) < 4.78 is 0. The second-order valence-corrected chi connectivity index (χ2v) is 5.65. The van der Waals surface area contributed by atoms with Crippen molar-refractivity contribution in [2.24, 2.45) is 0 Å². The summed E-state index contributed by atoms with van der Waals surface area (Å²) >= 11 is 11.7. The Balaban J connectivity index is 1.74. The van der Waals surface area contributed by atoms with Gasteiger partial charge in [0.05, 0.1) is 10.0 Å². The number of phenolic OH excluding ortho intramolecular Hbond substituents is 1. The predicted molar refractivity (Wildman–Crippen MR) is 84.3 cm³/mol. The SMILES string of the molecule is O=C(Nc1cc(Cl)c(O)c(Cl)c1)[C@@H]1Cc2ccccc2N1. The molecule has 1 aliphatic heterocycles. The van der Waals surface area contributed by atoms with Gasteiger partial charge in [0.15, 0.2) is 5.75 Å². The number of anilines is 2. The fourth-order valence-corrected chi connectivity index (χ4v) is 2.81. The third kappa shape index (κ3) is 2.77. The number of hydrogen-bond acceptors (Lipinski definition) is 3. The van der Waals surface area contributed by atoms with E-state index in [0.29, 0.717) is 12.1 Å². The molecule has 0 radical (unpaired) electrons. The Labute approximate surface area is 131 Å². The van der Waals surface area contributed by atoms with Crippen LogP contribution in [0, 0.1) is 0 Å². The smallest absolute Gasteiger partial charge is 0.247 e. The number of carbonyl (C=O) groups is 1. The highest BCUT2D eigenvalue weighted by Crippen LogP contribution is 2.35. The summed E-state index contributed by atoms with van der Waals surface area (Å²) in [6, 6.07) is 10.4. The number of halogens is 2. The second-order valence-electron chi connectivity index (χ2n) is 4.84. The quantitative estimate of drug-likeness (QED) is 0.739. The van der Waals surface area contributed by atoms with Crippen molar-refractivity contribution < 1.29 is 9.90 Å². The maximum Gasteiger partial charge on any atom is 0.247 e. The van der Waals surface area contributed by atoms with E-state index in [0.717, 1.165) is 11.3 Å². The van der Waals surface area contributed by atoms with Crippen molar-refractivity contribution in [3.8, 4) is 5.75 Å². The molecule has 1 aliphatic rings. The van der Waals surface area contributed by atoms with Gasteiger partial charge in [-0.1, -0.05) is 41.4 Å². The van der Waals surface area contributed by atoms with Crippen LogP contribution in [0.3, 0.4) is 0 Å². The van der Waals surface area contributed by atoms with Gasteiger partial charge in [-0.05, 0) is 23.8 Å². The molecular weight excluding hydrogens is 311 g/mol. The maximum atomic E-state index is 12.3. The molecule has 0 aliphatic carbocycles. The number of rotatable bonds is 2. The number of carbonyl (C=O) groups excluding carboxylic acids is 1. The highest BCUT2D eigenvalue weighted by Gasteiger charge is 2.26. The van der Waals surface area contributed by atoms with Gasteiger partial charge in [-0.3, -0.25) is 4.79 Å². The van der Waals surface area contributed by atoms with E-state index in [4.69, 9.17) is 23.2 Å². The normalized spacial score (nSPS) is 16.2. The van der Waals surface area contributed by atoms with Gasteiger partial charge >= 0.3 is 0 Å². The molecular formula is C15H12Cl2N2O2. The summed E-state index contributed by atoms with van der Waals surface area (Å²) in [4.78, 5) is 12.3.